The fourth-order valence-corrected chi connectivity index (χ4v) is 2.28. The van der Waals surface area contributed by atoms with Crippen LogP contribution in [0.15, 0.2) is 24.4 Å². The lowest BCUT2D eigenvalue weighted by Gasteiger charge is -2.33. The summed E-state index contributed by atoms with van der Waals surface area (Å²) in [6, 6.07) is 5.31. The molecule has 0 aliphatic heterocycles. The van der Waals surface area contributed by atoms with E-state index >= 15 is 0 Å². The third-order valence-corrected chi connectivity index (χ3v) is 3.35. The fraction of sp³-hybridized carbons (Fsp3) is 0.538. The molecule has 0 radical (unpaired) electrons. The standard InChI is InChI=1S/C13H19N3O/c14-13(7-3-1-4-8-13)10-16-12(17)11-6-2-5-9-15-11/h2,5-6,9H,1,3-4,7-8,10,14H2,(H,16,17). The Morgan fingerprint density at radius 3 is 2.76 bits per heavy atom. The highest BCUT2D eigenvalue weighted by atomic mass is 16.1. The van der Waals surface area contributed by atoms with Gasteiger partial charge in [0.25, 0.3) is 5.91 Å². The second kappa shape index (κ2) is 5.27. The lowest BCUT2D eigenvalue weighted by molar-refractivity contribution is 0.0932. The highest BCUT2D eigenvalue weighted by Crippen LogP contribution is 2.25. The molecule has 2 rings (SSSR count). The van der Waals surface area contributed by atoms with Gasteiger partial charge in [-0.05, 0) is 25.0 Å². The molecule has 1 aromatic rings. The molecule has 1 saturated carbocycles. The van der Waals surface area contributed by atoms with Gasteiger partial charge < -0.3 is 11.1 Å². The molecule has 1 heterocycles. The summed E-state index contributed by atoms with van der Waals surface area (Å²) < 4.78 is 0. The highest BCUT2D eigenvalue weighted by molar-refractivity contribution is 5.92. The van der Waals surface area contributed by atoms with Crippen LogP contribution in [-0.4, -0.2) is 23.0 Å². The van der Waals surface area contributed by atoms with Gasteiger partial charge in [0.15, 0.2) is 0 Å². The van der Waals surface area contributed by atoms with Gasteiger partial charge in [-0.25, -0.2) is 0 Å². The van der Waals surface area contributed by atoms with Crippen LogP contribution in [0.4, 0.5) is 0 Å². The van der Waals surface area contributed by atoms with Crippen molar-refractivity contribution in [1.29, 1.82) is 0 Å². The van der Waals surface area contributed by atoms with Crippen LogP contribution in [-0.2, 0) is 0 Å². The van der Waals surface area contributed by atoms with Gasteiger partial charge in [0.05, 0.1) is 0 Å². The first-order valence-electron chi connectivity index (χ1n) is 6.18. The zero-order valence-corrected chi connectivity index (χ0v) is 9.98. The fourth-order valence-electron chi connectivity index (χ4n) is 2.28. The molecule has 4 nitrogen and oxygen atoms in total. The maximum atomic E-state index is 11.8. The topological polar surface area (TPSA) is 68.0 Å². The zero-order chi connectivity index (χ0) is 12.1. The van der Waals surface area contributed by atoms with Gasteiger partial charge in [0, 0.05) is 18.3 Å². The van der Waals surface area contributed by atoms with E-state index in [4.69, 9.17) is 5.73 Å². The number of carbonyl (C=O) groups excluding carboxylic acids is 1. The molecule has 1 fully saturated rings. The lowest BCUT2D eigenvalue weighted by atomic mass is 9.82. The molecule has 1 aliphatic rings. The van der Waals surface area contributed by atoms with Crippen LogP contribution in [0.3, 0.4) is 0 Å². The average molecular weight is 233 g/mol. The quantitative estimate of drug-likeness (QED) is 0.830. The Morgan fingerprint density at radius 1 is 1.35 bits per heavy atom. The largest absolute Gasteiger partial charge is 0.349 e. The number of hydrogen-bond donors (Lipinski definition) is 2. The van der Waals surface area contributed by atoms with E-state index in [1.54, 1.807) is 24.4 Å². The smallest absolute Gasteiger partial charge is 0.269 e. The molecule has 0 atom stereocenters. The third kappa shape index (κ3) is 3.27. The molecule has 1 aromatic heterocycles. The summed E-state index contributed by atoms with van der Waals surface area (Å²) in [5.41, 5.74) is 6.48. The summed E-state index contributed by atoms with van der Waals surface area (Å²) in [5, 5.41) is 2.88. The molecule has 1 aliphatic carbocycles. The maximum Gasteiger partial charge on any atom is 0.269 e. The summed E-state index contributed by atoms with van der Waals surface area (Å²) in [4.78, 5) is 15.8. The summed E-state index contributed by atoms with van der Waals surface area (Å²) in [6.07, 6.45) is 7.19. The number of aromatic nitrogens is 1. The molecule has 0 bridgehead atoms. The molecular weight excluding hydrogens is 214 g/mol. The number of carbonyl (C=O) groups is 1. The van der Waals surface area contributed by atoms with E-state index in [-0.39, 0.29) is 11.4 Å². The highest BCUT2D eigenvalue weighted by Gasteiger charge is 2.27. The molecule has 92 valence electrons. The van der Waals surface area contributed by atoms with Crippen molar-refractivity contribution >= 4 is 5.91 Å². The average Bonchev–Trinajstić information content (AvgIpc) is 2.38. The molecule has 0 unspecified atom stereocenters. The van der Waals surface area contributed by atoms with E-state index in [1.165, 1.54) is 6.42 Å². The first-order valence-corrected chi connectivity index (χ1v) is 6.18. The molecule has 3 N–H and O–H groups in total. The molecular formula is C13H19N3O. The van der Waals surface area contributed by atoms with Gasteiger partial charge in [0.1, 0.15) is 5.69 Å². The van der Waals surface area contributed by atoms with E-state index in [1.807, 2.05) is 0 Å². The van der Waals surface area contributed by atoms with Crippen LogP contribution in [0.1, 0.15) is 42.6 Å². The van der Waals surface area contributed by atoms with Crippen molar-refractivity contribution in [2.75, 3.05) is 6.54 Å². The number of nitrogens with one attached hydrogen (secondary N) is 1. The molecule has 0 spiro atoms. The Bertz CT molecular complexity index is 372. The Kier molecular flexibility index (Phi) is 3.74. The van der Waals surface area contributed by atoms with Gasteiger partial charge in [-0.15, -0.1) is 0 Å². The monoisotopic (exact) mass is 233 g/mol. The summed E-state index contributed by atoms with van der Waals surface area (Å²) in [5.74, 6) is -0.138. The zero-order valence-electron chi connectivity index (χ0n) is 9.98. The van der Waals surface area contributed by atoms with Crippen molar-refractivity contribution in [3.8, 4) is 0 Å². The van der Waals surface area contributed by atoms with Crippen molar-refractivity contribution in [1.82, 2.24) is 10.3 Å². The van der Waals surface area contributed by atoms with Gasteiger partial charge in [-0.2, -0.15) is 0 Å². The van der Waals surface area contributed by atoms with Crippen LogP contribution in [0.25, 0.3) is 0 Å². The molecule has 17 heavy (non-hydrogen) atoms. The van der Waals surface area contributed by atoms with Crippen LogP contribution >= 0.6 is 0 Å². The van der Waals surface area contributed by atoms with E-state index < -0.39 is 0 Å². The predicted octanol–water partition coefficient (Wildman–Crippen LogP) is 1.47. The van der Waals surface area contributed by atoms with Crippen molar-refractivity contribution in [2.45, 2.75) is 37.6 Å². The minimum atomic E-state index is -0.220. The van der Waals surface area contributed by atoms with E-state index in [2.05, 4.69) is 10.3 Å². The number of hydrogen-bond acceptors (Lipinski definition) is 3. The Labute approximate surface area is 102 Å². The second-order valence-corrected chi connectivity index (χ2v) is 4.82. The van der Waals surface area contributed by atoms with Crippen molar-refractivity contribution in [3.05, 3.63) is 30.1 Å². The van der Waals surface area contributed by atoms with E-state index in [9.17, 15) is 4.79 Å². The molecule has 0 saturated heterocycles. The van der Waals surface area contributed by atoms with E-state index in [0.717, 1.165) is 25.7 Å². The van der Waals surface area contributed by atoms with Crippen LogP contribution in [0.5, 0.6) is 0 Å². The van der Waals surface area contributed by atoms with Gasteiger partial charge in [-0.1, -0.05) is 25.3 Å². The van der Waals surface area contributed by atoms with Gasteiger partial charge in [0.2, 0.25) is 0 Å². The Morgan fingerprint density at radius 2 is 2.12 bits per heavy atom. The summed E-state index contributed by atoms with van der Waals surface area (Å²) >= 11 is 0. The SMILES string of the molecule is NC1(CNC(=O)c2ccccn2)CCCCC1. The van der Waals surface area contributed by atoms with E-state index in [0.29, 0.717) is 12.2 Å². The number of nitrogens with two attached hydrogens (primary N) is 1. The minimum absolute atomic E-state index is 0.138. The van der Waals surface area contributed by atoms with Crippen molar-refractivity contribution in [3.63, 3.8) is 0 Å². The lowest BCUT2D eigenvalue weighted by Crippen LogP contribution is -2.51. The van der Waals surface area contributed by atoms with Crippen LogP contribution in [0.2, 0.25) is 0 Å². The number of nitrogens with zero attached hydrogens (tertiary/aromatic N) is 1. The first-order chi connectivity index (χ1) is 8.20. The van der Waals surface area contributed by atoms with Crippen LogP contribution in [0, 0.1) is 0 Å². The number of pyridine rings is 1. The van der Waals surface area contributed by atoms with Gasteiger partial charge in [-0.3, -0.25) is 9.78 Å². The number of rotatable bonds is 3. The van der Waals surface area contributed by atoms with Gasteiger partial charge >= 0.3 is 0 Å². The molecule has 0 aromatic carbocycles. The van der Waals surface area contributed by atoms with Crippen LogP contribution < -0.4 is 11.1 Å². The predicted molar refractivity (Wildman–Crippen MR) is 66.6 cm³/mol. The van der Waals surface area contributed by atoms with Crippen molar-refractivity contribution < 1.29 is 4.79 Å². The third-order valence-electron chi connectivity index (χ3n) is 3.35. The first kappa shape index (κ1) is 12.0. The Balaban J connectivity index is 1.87. The summed E-state index contributed by atoms with van der Waals surface area (Å²) in [7, 11) is 0. The van der Waals surface area contributed by atoms with Crippen molar-refractivity contribution in [2.24, 2.45) is 5.73 Å². The summed E-state index contributed by atoms with van der Waals surface area (Å²) in [6.45, 7) is 0.544. The second-order valence-electron chi connectivity index (χ2n) is 4.82. The maximum absolute atomic E-state index is 11.8. The minimum Gasteiger partial charge on any atom is -0.349 e. The molecule has 1 amide bonds. The number of amides is 1. The Hall–Kier alpha value is -1.42. The normalized spacial score (nSPS) is 18.6. The molecule has 4 heteroatoms.